The fraction of sp³-hybridized carbons (Fsp3) is 0.286. The van der Waals surface area contributed by atoms with E-state index in [1.54, 1.807) is 50.4 Å². The van der Waals surface area contributed by atoms with Gasteiger partial charge in [0, 0.05) is 17.7 Å². The molecule has 28 heavy (non-hydrogen) atoms. The number of rotatable bonds is 6. The van der Waals surface area contributed by atoms with Crippen molar-refractivity contribution in [1.29, 1.82) is 0 Å². The average molecular weight is 401 g/mol. The van der Waals surface area contributed by atoms with E-state index >= 15 is 0 Å². The van der Waals surface area contributed by atoms with E-state index in [4.69, 9.17) is 9.26 Å². The van der Waals surface area contributed by atoms with Gasteiger partial charge in [-0.15, -0.1) is 0 Å². The predicted octanol–water partition coefficient (Wildman–Crippen LogP) is 4.49. The highest BCUT2D eigenvalue weighted by atomic mass is 32.2. The predicted molar refractivity (Wildman–Crippen MR) is 109 cm³/mol. The molecular formula is C21H24N2O4S. The van der Waals surface area contributed by atoms with Crippen molar-refractivity contribution in [2.75, 3.05) is 18.0 Å². The first-order valence-corrected chi connectivity index (χ1v) is 10.4. The molecule has 3 rings (SSSR count). The highest BCUT2D eigenvalue weighted by Crippen LogP contribution is 2.32. The maximum Gasteiger partial charge on any atom is 0.264 e. The lowest BCUT2D eigenvalue weighted by Gasteiger charge is -2.24. The first-order chi connectivity index (χ1) is 13.3. The summed E-state index contributed by atoms with van der Waals surface area (Å²) in [4.78, 5) is 0.246. The first kappa shape index (κ1) is 19.9. The monoisotopic (exact) mass is 400 g/mol. The Bertz CT molecular complexity index is 1090. The lowest BCUT2D eigenvalue weighted by molar-refractivity contribution is 0.415. The smallest absolute Gasteiger partial charge is 0.264 e. The molecule has 7 heteroatoms. The van der Waals surface area contributed by atoms with Crippen LogP contribution in [-0.2, 0) is 10.0 Å². The van der Waals surface area contributed by atoms with Crippen LogP contribution in [0.1, 0.15) is 23.7 Å². The summed E-state index contributed by atoms with van der Waals surface area (Å²) in [6, 6.07) is 12.3. The molecule has 0 fully saturated rings. The summed E-state index contributed by atoms with van der Waals surface area (Å²) in [5.41, 5.74) is 3.63. The molecule has 0 aliphatic carbocycles. The molecule has 148 valence electrons. The van der Waals surface area contributed by atoms with Crippen LogP contribution in [0.3, 0.4) is 0 Å². The Morgan fingerprint density at radius 1 is 1.07 bits per heavy atom. The Morgan fingerprint density at radius 3 is 2.29 bits per heavy atom. The van der Waals surface area contributed by atoms with Crippen LogP contribution in [0, 0.1) is 20.8 Å². The van der Waals surface area contributed by atoms with Gasteiger partial charge in [0.25, 0.3) is 10.0 Å². The van der Waals surface area contributed by atoms with Gasteiger partial charge in [-0.3, -0.25) is 4.31 Å². The first-order valence-electron chi connectivity index (χ1n) is 9.00. The van der Waals surface area contributed by atoms with Crippen LogP contribution in [0.4, 0.5) is 5.69 Å². The molecule has 0 spiro atoms. The summed E-state index contributed by atoms with van der Waals surface area (Å²) in [6.07, 6.45) is 0. The van der Waals surface area contributed by atoms with Crippen molar-refractivity contribution in [3.63, 3.8) is 0 Å². The van der Waals surface area contributed by atoms with Gasteiger partial charge < -0.3 is 9.26 Å². The Balaban J connectivity index is 2.09. The van der Waals surface area contributed by atoms with Gasteiger partial charge in [0.15, 0.2) is 5.76 Å². The highest BCUT2D eigenvalue weighted by molar-refractivity contribution is 7.92. The zero-order valence-corrected chi connectivity index (χ0v) is 17.5. The molecular weight excluding hydrogens is 376 g/mol. The van der Waals surface area contributed by atoms with E-state index < -0.39 is 10.0 Å². The second kappa shape index (κ2) is 7.67. The van der Waals surface area contributed by atoms with Crippen LogP contribution in [0.25, 0.3) is 11.3 Å². The molecule has 1 heterocycles. The summed E-state index contributed by atoms with van der Waals surface area (Å²) in [5, 5.41) is 3.98. The third-order valence-electron chi connectivity index (χ3n) is 4.82. The summed E-state index contributed by atoms with van der Waals surface area (Å²) in [5.74, 6) is 1.26. The van der Waals surface area contributed by atoms with Gasteiger partial charge in [-0.25, -0.2) is 8.42 Å². The van der Waals surface area contributed by atoms with E-state index in [0.29, 0.717) is 34.9 Å². The Kier molecular flexibility index (Phi) is 5.47. The third-order valence-corrected chi connectivity index (χ3v) is 6.87. The van der Waals surface area contributed by atoms with E-state index in [1.165, 1.54) is 4.31 Å². The average Bonchev–Trinajstić information content (AvgIpc) is 3.02. The van der Waals surface area contributed by atoms with Crippen LogP contribution in [0.15, 0.2) is 51.9 Å². The summed E-state index contributed by atoms with van der Waals surface area (Å²) >= 11 is 0. The molecule has 0 saturated carbocycles. The highest BCUT2D eigenvalue weighted by Gasteiger charge is 2.26. The van der Waals surface area contributed by atoms with Crippen LogP contribution < -0.4 is 9.04 Å². The molecule has 0 aliphatic rings. The van der Waals surface area contributed by atoms with Crippen molar-refractivity contribution >= 4 is 15.7 Å². The van der Waals surface area contributed by atoms with Gasteiger partial charge in [0.2, 0.25) is 0 Å². The summed E-state index contributed by atoms with van der Waals surface area (Å²) in [6.45, 7) is 7.67. The molecule has 0 bridgehead atoms. The third kappa shape index (κ3) is 3.49. The lowest BCUT2D eigenvalue weighted by atomic mass is 10.1. The molecule has 3 aromatic rings. The number of hydrogen-bond acceptors (Lipinski definition) is 5. The van der Waals surface area contributed by atoms with E-state index in [0.717, 1.165) is 11.3 Å². The number of sulfonamides is 1. The standard InChI is InChI=1S/C21H24N2O4S/c1-6-23(18-9-11-19(26-5)12-10-18)28(24,25)20-13-17(8-7-14(20)2)21-15(3)16(4)22-27-21/h7-13H,6H2,1-5H3. The topological polar surface area (TPSA) is 72.6 Å². The van der Waals surface area contributed by atoms with E-state index in [-0.39, 0.29) is 4.90 Å². The van der Waals surface area contributed by atoms with Gasteiger partial charge in [-0.05, 0) is 63.6 Å². The second-order valence-electron chi connectivity index (χ2n) is 6.57. The van der Waals surface area contributed by atoms with E-state index in [9.17, 15) is 8.42 Å². The van der Waals surface area contributed by atoms with Gasteiger partial charge >= 0.3 is 0 Å². The van der Waals surface area contributed by atoms with Gasteiger partial charge in [0.05, 0.1) is 23.4 Å². The molecule has 0 N–H and O–H groups in total. The number of ether oxygens (including phenoxy) is 1. The Hall–Kier alpha value is -2.80. The number of aryl methyl sites for hydroxylation is 2. The van der Waals surface area contributed by atoms with Crippen molar-refractivity contribution in [3.05, 3.63) is 59.3 Å². The molecule has 0 unspecified atom stereocenters. The molecule has 0 amide bonds. The summed E-state index contributed by atoms with van der Waals surface area (Å²) < 4.78 is 38.9. The molecule has 0 aliphatic heterocycles. The van der Waals surface area contributed by atoms with Crippen LogP contribution in [-0.4, -0.2) is 27.2 Å². The largest absolute Gasteiger partial charge is 0.497 e. The molecule has 1 aromatic heterocycles. The van der Waals surface area contributed by atoms with Crippen molar-refractivity contribution in [3.8, 4) is 17.1 Å². The minimum Gasteiger partial charge on any atom is -0.497 e. The van der Waals surface area contributed by atoms with Crippen LogP contribution in [0.2, 0.25) is 0 Å². The number of aromatic nitrogens is 1. The summed E-state index contributed by atoms with van der Waals surface area (Å²) in [7, 11) is -2.19. The molecule has 0 saturated heterocycles. The normalized spacial score (nSPS) is 11.5. The second-order valence-corrected chi connectivity index (χ2v) is 8.40. The minimum atomic E-state index is -3.76. The molecule has 0 atom stereocenters. The van der Waals surface area contributed by atoms with Crippen molar-refractivity contribution in [1.82, 2.24) is 5.16 Å². The van der Waals surface area contributed by atoms with E-state index in [2.05, 4.69) is 5.16 Å². The minimum absolute atomic E-state index is 0.246. The lowest BCUT2D eigenvalue weighted by Crippen LogP contribution is -2.31. The van der Waals surface area contributed by atoms with Gasteiger partial charge in [-0.1, -0.05) is 17.3 Å². The number of anilines is 1. The van der Waals surface area contributed by atoms with Gasteiger partial charge in [-0.2, -0.15) is 0 Å². The van der Waals surface area contributed by atoms with Crippen molar-refractivity contribution < 1.29 is 17.7 Å². The van der Waals surface area contributed by atoms with Crippen molar-refractivity contribution in [2.45, 2.75) is 32.6 Å². The zero-order chi connectivity index (χ0) is 20.5. The number of hydrogen-bond donors (Lipinski definition) is 0. The molecule has 6 nitrogen and oxygen atoms in total. The van der Waals surface area contributed by atoms with Crippen molar-refractivity contribution in [2.24, 2.45) is 0 Å². The maximum atomic E-state index is 13.5. The Labute approximate surface area is 165 Å². The molecule has 0 radical (unpaired) electrons. The quantitative estimate of drug-likeness (QED) is 0.609. The SMILES string of the molecule is CCN(c1ccc(OC)cc1)S(=O)(=O)c1cc(-c2onc(C)c2C)ccc1C. The van der Waals surface area contributed by atoms with E-state index in [1.807, 2.05) is 26.8 Å². The van der Waals surface area contributed by atoms with Crippen LogP contribution >= 0.6 is 0 Å². The Morgan fingerprint density at radius 2 is 1.75 bits per heavy atom. The number of benzene rings is 2. The number of nitrogens with zero attached hydrogens (tertiary/aromatic N) is 2. The zero-order valence-electron chi connectivity index (χ0n) is 16.7. The number of methoxy groups -OCH3 is 1. The van der Waals surface area contributed by atoms with Crippen LogP contribution in [0.5, 0.6) is 5.75 Å². The molecule has 2 aromatic carbocycles. The van der Waals surface area contributed by atoms with Gasteiger partial charge in [0.1, 0.15) is 5.75 Å². The fourth-order valence-electron chi connectivity index (χ4n) is 3.06. The fourth-order valence-corrected chi connectivity index (χ4v) is 4.79. The maximum absolute atomic E-state index is 13.5.